The van der Waals surface area contributed by atoms with Crippen LogP contribution in [0.2, 0.25) is 0 Å². The van der Waals surface area contributed by atoms with E-state index in [-0.39, 0.29) is 17.7 Å². The van der Waals surface area contributed by atoms with Crippen molar-refractivity contribution < 1.29 is 14.7 Å². The van der Waals surface area contributed by atoms with Crippen LogP contribution in [-0.4, -0.2) is 23.0 Å². The fourth-order valence-electron chi connectivity index (χ4n) is 2.32. The Morgan fingerprint density at radius 2 is 1.73 bits per heavy atom. The van der Waals surface area contributed by atoms with Crippen molar-refractivity contribution in [2.45, 2.75) is 44.6 Å². The third-order valence-corrected chi connectivity index (χ3v) is 3.60. The lowest BCUT2D eigenvalue weighted by Crippen LogP contribution is -2.42. The third-order valence-electron chi connectivity index (χ3n) is 3.60. The molecule has 2 fully saturated rings. The van der Waals surface area contributed by atoms with Gasteiger partial charge in [0.05, 0.1) is 5.92 Å². The van der Waals surface area contributed by atoms with Crippen LogP contribution in [0, 0.1) is 11.8 Å². The number of carboxylic acid groups (broad SMARTS) is 1. The minimum Gasteiger partial charge on any atom is -0.481 e. The van der Waals surface area contributed by atoms with E-state index in [1.54, 1.807) is 0 Å². The van der Waals surface area contributed by atoms with Gasteiger partial charge in [-0.25, -0.2) is 0 Å². The lowest BCUT2D eigenvalue weighted by Gasteiger charge is -2.27. The standard InChI is InChI=1S/C11H17NO3/c13-10(12-9-2-1-3-9)7-4-5-8(6-7)11(14)15/h7-9H,1-6H2,(H,12,13)(H,14,15)/t7-,8+/m0/s1. The predicted octanol–water partition coefficient (Wildman–Crippen LogP) is 1.16. The average molecular weight is 211 g/mol. The number of rotatable bonds is 3. The van der Waals surface area contributed by atoms with Crippen LogP contribution in [0.4, 0.5) is 0 Å². The molecule has 2 aliphatic rings. The van der Waals surface area contributed by atoms with Gasteiger partial charge in [0.15, 0.2) is 0 Å². The first-order valence-corrected chi connectivity index (χ1v) is 5.70. The molecule has 0 aromatic heterocycles. The highest BCUT2D eigenvalue weighted by Crippen LogP contribution is 2.31. The van der Waals surface area contributed by atoms with Crippen LogP contribution < -0.4 is 5.32 Å². The van der Waals surface area contributed by atoms with Crippen molar-refractivity contribution in [3.8, 4) is 0 Å². The molecule has 0 unspecified atom stereocenters. The van der Waals surface area contributed by atoms with Gasteiger partial charge in [-0.15, -0.1) is 0 Å². The van der Waals surface area contributed by atoms with E-state index in [0.29, 0.717) is 18.9 Å². The number of nitrogens with one attached hydrogen (secondary N) is 1. The van der Waals surface area contributed by atoms with Crippen LogP contribution in [0.1, 0.15) is 38.5 Å². The summed E-state index contributed by atoms with van der Waals surface area (Å²) in [7, 11) is 0. The summed E-state index contributed by atoms with van der Waals surface area (Å²) >= 11 is 0. The van der Waals surface area contributed by atoms with Gasteiger partial charge in [0, 0.05) is 12.0 Å². The molecular formula is C11H17NO3. The van der Waals surface area contributed by atoms with Crippen molar-refractivity contribution in [3.63, 3.8) is 0 Å². The second-order valence-electron chi connectivity index (χ2n) is 4.68. The van der Waals surface area contributed by atoms with Gasteiger partial charge in [0.1, 0.15) is 0 Å². The Hall–Kier alpha value is -1.06. The molecule has 15 heavy (non-hydrogen) atoms. The molecule has 2 rings (SSSR count). The Balaban J connectivity index is 1.79. The normalized spacial score (nSPS) is 30.9. The van der Waals surface area contributed by atoms with E-state index in [9.17, 15) is 9.59 Å². The zero-order valence-electron chi connectivity index (χ0n) is 8.74. The van der Waals surface area contributed by atoms with E-state index < -0.39 is 5.97 Å². The molecule has 1 amide bonds. The van der Waals surface area contributed by atoms with Gasteiger partial charge in [-0.1, -0.05) is 0 Å². The molecule has 2 aliphatic carbocycles. The van der Waals surface area contributed by atoms with Gasteiger partial charge in [-0.05, 0) is 38.5 Å². The number of aliphatic carboxylic acids is 1. The molecule has 0 spiro atoms. The minimum absolute atomic E-state index is 0.0632. The molecule has 0 saturated heterocycles. The average Bonchev–Trinajstić information content (AvgIpc) is 2.59. The zero-order chi connectivity index (χ0) is 10.8. The van der Waals surface area contributed by atoms with Crippen LogP contribution in [-0.2, 0) is 9.59 Å². The fraction of sp³-hybridized carbons (Fsp3) is 0.818. The van der Waals surface area contributed by atoms with E-state index >= 15 is 0 Å². The maximum absolute atomic E-state index is 11.7. The van der Waals surface area contributed by atoms with Crippen molar-refractivity contribution in [2.24, 2.45) is 11.8 Å². The summed E-state index contributed by atoms with van der Waals surface area (Å²) in [6.45, 7) is 0. The number of carbonyl (C=O) groups is 2. The van der Waals surface area contributed by atoms with Gasteiger partial charge in [0.25, 0.3) is 0 Å². The summed E-state index contributed by atoms with van der Waals surface area (Å²) in [6, 6.07) is 0.362. The summed E-state index contributed by atoms with van der Waals surface area (Å²) in [5.74, 6) is -1.05. The van der Waals surface area contributed by atoms with Crippen molar-refractivity contribution in [1.82, 2.24) is 5.32 Å². The molecule has 4 nitrogen and oxygen atoms in total. The van der Waals surface area contributed by atoms with Crippen molar-refractivity contribution in [1.29, 1.82) is 0 Å². The molecule has 0 radical (unpaired) electrons. The van der Waals surface area contributed by atoms with Crippen molar-refractivity contribution in [2.75, 3.05) is 0 Å². The fourth-order valence-corrected chi connectivity index (χ4v) is 2.32. The number of amides is 1. The summed E-state index contributed by atoms with van der Waals surface area (Å²) in [5, 5.41) is 11.8. The van der Waals surface area contributed by atoms with Crippen LogP contribution in [0.15, 0.2) is 0 Å². The van der Waals surface area contributed by atoms with E-state index in [0.717, 1.165) is 19.3 Å². The predicted molar refractivity (Wildman–Crippen MR) is 54.2 cm³/mol. The maximum atomic E-state index is 11.7. The molecular weight excluding hydrogens is 194 g/mol. The quantitative estimate of drug-likeness (QED) is 0.736. The monoisotopic (exact) mass is 211 g/mol. The first-order chi connectivity index (χ1) is 7.16. The molecule has 4 heteroatoms. The van der Waals surface area contributed by atoms with Gasteiger partial charge in [-0.3, -0.25) is 9.59 Å². The summed E-state index contributed by atoms with van der Waals surface area (Å²) < 4.78 is 0. The van der Waals surface area contributed by atoms with Crippen LogP contribution >= 0.6 is 0 Å². The van der Waals surface area contributed by atoms with E-state index in [1.807, 2.05) is 0 Å². The number of carbonyl (C=O) groups excluding carboxylic acids is 1. The second kappa shape index (κ2) is 4.21. The van der Waals surface area contributed by atoms with Crippen LogP contribution in [0.5, 0.6) is 0 Å². The molecule has 0 aromatic rings. The molecule has 0 heterocycles. The first-order valence-electron chi connectivity index (χ1n) is 5.70. The third kappa shape index (κ3) is 2.30. The first kappa shape index (κ1) is 10.5. The molecule has 0 bridgehead atoms. The number of carboxylic acids is 1. The van der Waals surface area contributed by atoms with E-state index in [1.165, 1.54) is 6.42 Å². The Morgan fingerprint density at radius 1 is 1.07 bits per heavy atom. The Morgan fingerprint density at radius 3 is 2.20 bits per heavy atom. The maximum Gasteiger partial charge on any atom is 0.306 e. The van der Waals surface area contributed by atoms with Gasteiger partial charge in [-0.2, -0.15) is 0 Å². The lowest BCUT2D eigenvalue weighted by atomic mass is 9.92. The topological polar surface area (TPSA) is 66.4 Å². The smallest absolute Gasteiger partial charge is 0.306 e. The number of hydrogen-bond acceptors (Lipinski definition) is 2. The van der Waals surface area contributed by atoms with Crippen molar-refractivity contribution >= 4 is 11.9 Å². The second-order valence-corrected chi connectivity index (χ2v) is 4.68. The van der Waals surface area contributed by atoms with Crippen molar-refractivity contribution in [3.05, 3.63) is 0 Å². The highest BCUT2D eigenvalue weighted by atomic mass is 16.4. The van der Waals surface area contributed by atoms with Crippen LogP contribution in [0.25, 0.3) is 0 Å². The summed E-state index contributed by atoms with van der Waals surface area (Å²) in [4.78, 5) is 22.4. The molecule has 0 aromatic carbocycles. The molecule has 2 saturated carbocycles. The van der Waals surface area contributed by atoms with E-state index in [2.05, 4.69) is 5.32 Å². The molecule has 2 N–H and O–H groups in total. The van der Waals surface area contributed by atoms with Gasteiger partial charge in [0.2, 0.25) is 5.91 Å². The molecule has 84 valence electrons. The minimum atomic E-state index is -0.756. The highest BCUT2D eigenvalue weighted by Gasteiger charge is 2.34. The molecule has 0 aliphatic heterocycles. The Labute approximate surface area is 89.0 Å². The summed E-state index contributed by atoms with van der Waals surface area (Å²) in [5.41, 5.74) is 0. The van der Waals surface area contributed by atoms with Gasteiger partial charge < -0.3 is 10.4 Å². The largest absolute Gasteiger partial charge is 0.481 e. The lowest BCUT2D eigenvalue weighted by molar-refractivity contribution is -0.141. The summed E-state index contributed by atoms with van der Waals surface area (Å²) in [6.07, 6.45) is 5.27. The SMILES string of the molecule is O=C(O)[C@@H]1CC[C@H](C(=O)NC2CCC2)C1. The Kier molecular flexibility index (Phi) is 2.93. The Bertz CT molecular complexity index is 273. The number of hydrogen-bond donors (Lipinski definition) is 2. The zero-order valence-corrected chi connectivity index (χ0v) is 8.74. The van der Waals surface area contributed by atoms with Gasteiger partial charge >= 0.3 is 5.97 Å². The highest BCUT2D eigenvalue weighted by molar-refractivity contribution is 5.81. The molecule has 2 atom stereocenters. The van der Waals surface area contributed by atoms with Crippen LogP contribution in [0.3, 0.4) is 0 Å². The van der Waals surface area contributed by atoms with E-state index in [4.69, 9.17) is 5.11 Å².